The van der Waals surface area contributed by atoms with E-state index in [1.54, 1.807) is 31.2 Å². The van der Waals surface area contributed by atoms with Crippen LogP contribution in [0, 0.1) is 6.92 Å². The quantitative estimate of drug-likeness (QED) is 0.624. The van der Waals surface area contributed by atoms with Crippen molar-refractivity contribution >= 4 is 53.2 Å². The molecule has 0 unspecified atom stereocenters. The average Bonchev–Trinajstić information content (AvgIpc) is 2.94. The highest BCUT2D eigenvalue weighted by atomic mass is 35.5. The van der Waals surface area contributed by atoms with Crippen molar-refractivity contribution in [1.29, 1.82) is 0 Å². The van der Waals surface area contributed by atoms with Crippen LogP contribution in [0.2, 0.25) is 0 Å². The number of anilines is 3. The van der Waals surface area contributed by atoms with Crippen molar-refractivity contribution in [2.24, 2.45) is 0 Å². The smallest absolute Gasteiger partial charge is 0.235 e. The van der Waals surface area contributed by atoms with E-state index in [0.717, 1.165) is 0 Å². The number of methoxy groups -OCH3 is 1. The molecule has 0 bridgehead atoms. The standard InChI is InChI=1S/C15H18N4O4S.ClH/c1-9-5-13(19-23-9)18-15(21)8-24-7-14(20)17-12-6-10(22-2)3-4-11(12)16;/h3-6H,7-8,16H2,1-2H3,(H,17,20)(H,18,19,21);1H. The van der Waals surface area contributed by atoms with Crippen LogP contribution in [0.1, 0.15) is 5.76 Å². The molecule has 8 nitrogen and oxygen atoms in total. The van der Waals surface area contributed by atoms with Gasteiger partial charge in [0.05, 0.1) is 30.0 Å². The van der Waals surface area contributed by atoms with Crippen LogP contribution in [0.4, 0.5) is 17.2 Å². The molecule has 4 N–H and O–H groups in total. The van der Waals surface area contributed by atoms with Crippen molar-refractivity contribution in [3.63, 3.8) is 0 Å². The number of nitrogens with two attached hydrogens (primary N) is 1. The molecule has 10 heteroatoms. The number of nitrogens with one attached hydrogen (secondary N) is 2. The molecule has 0 saturated carbocycles. The second-order valence-electron chi connectivity index (χ2n) is 4.87. The van der Waals surface area contributed by atoms with Crippen molar-refractivity contribution in [2.75, 3.05) is 35.0 Å². The van der Waals surface area contributed by atoms with Crippen LogP contribution >= 0.6 is 24.2 Å². The molecule has 0 fully saturated rings. The predicted octanol–water partition coefficient (Wildman–Crippen LogP) is 2.31. The molecule has 1 aromatic heterocycles. The van der Waals surface area contributed by atoms with Crippen molar-refractivity contribution in [3.8, 4) is 5.75 Å². The third kappa shape index (κ3) is 6.55. The van der Waals surface area contributed by atoms with Gasteiger partial charge in [-0.2, -0.15) is 0 Å². The van der Waals surface area contributed by atoms with E-state index in [1.807, 2.05) is 0 Å². The number of hydrogen-bond donors (Lipinski definition) is 3. The Morgan fingerprint density at radius 2 is 1.92 bits per heavy atom. The SMILES string of the molecule is COc1ccc(N)c(NC(=O)CSCC(=O)Nc2cc(C)on2)c1.Cl. The minimum Gasteiger partial charge on any atom is -0.497 e. The number of halogens is 1. The monoisotopic (exact) mass is 386 g/mol. The molecule has 2 amide bonds. The van der Waals surface area contributed by atoms with Crippen molar-refractivity contribution in [1.82, 2.24) is 5.16 Å². The molecule has 25 heavy (non-hydrogen) atoms. The number of benzene rings is 1. The normalized spacial score (nSPS) is 9.84. The Hall–Kier alpha value is -2.39. The van der Waals surface area contributed by atoms with Gasteiger partial charge in [-0.25, -0.2) is 0 Å². The van der Waals surface area contributed by atoms with Crippen LogP contribution in [0.5, 0.6) is 5.75 Å². The highest BCUT2D eigenvalue weighted by Crippen LogP contribution is 2.24. The van der Waals surface area contributed by atoms with Gasteiger partial charge in [0.2, 0.25) is 11.8 Å². The first-order valence-corrected chi connectivity index (χ1v) is 8.17. The zero-order valence-corrected chi connectivity index (χ0v) is 15.3. The Morgan fingerprint density at radius 3 is 2.52 bits per heavy atom. The number of carbonyl (C=O) groups is 2. The summed E-state index contributed by atoms with van der Waals surface area (Å²) in [6.07, 6.45) is 0. The summed E-state index contributed by atoms with van der Waals surface area (Å²) in [5.41, 5.74) is 6.71. The van der Waals surface area contributed by atoms with E-state index in [9.17, 15) is 9.59 Å². The van der Waals surface area contributed by atoms with Gasteiger partial charge in [-0.05, 0) is 19.1 Å². The maximum atomic E-state index is 11.9. The van der Waals surface area contributed by atoms with Crippen LogP contribution in [0.15, 0.2) is 28.8 Å². The number of ether oxygens (including phenoxy) is 1. The van der Waals surface area contributed by atoms with Crippen LogP contribution < -0.4 is 21.1 Å². The van der Waals surface area contributed by atoms with Crippen LogP contribution in [-0.4, -0.2) is 35.6 Å². The largest absolute Gasteiger partial charge is 0.497 e. The number of rotatable bonds is 7. The van der Waals surface area contributed by atoms with Gasteiger partial charge in [-0.1, -0.05) is 5.16 Å². The Bertz CT molecular complexity index is 738. The highest BCUT2D eigenvalue weighted by molar-refractivity contribution is 8.00. The molecular weight excluding hydrogens is 368 g/mol. The highest BCUT2D eigenvalue weighted by Gasteiger charge is 2.10. The zero-order valence-electron chi connectivity index (χ0n) is 13.7. The minimum absolute atomic E-state index is 0. The van der Waals surface area contributed by atoms with Crippen LogP contribution in [0.3, 0.4) is 0 Å². The Labute approximate surface area is 155 Å². The second-order valence-corrected chi connectivity index (χ2v) is 5.85. The maximum absolute atomic E-state index is 11.9. The average molecular weight is 387 g/mol. The van der Waals surface area contributed by atoms with Gasteiger partial charge in [-0.15, -0.1) is 24.2 Å². The molecule has 0 aliphatic rings. The molecule has 2 rings (SSSR count). The lowest BCUT2D eigenvalue weighted by atomic mass is 10.2. The number of carbonyl (C=O) groups excluding carboxylic acids is 2. The topological polar surface area (TPSA) is 119 Å². The summed E-state index contributed by atoms with van der Waals surface area (Å²) in [5, 5.41) is 8.92. The second kappa shape index (κ2) is 9.80. The fourth-order valence-corrected chi connectivity index (χ4v) is 2.41. The molecule has 0 atom stereocenters. The molecule has 0 spiro atoms. The molecule has 1 heterocycles. The van der Waals surface area contributed by atoms with Gasteiger partial charge < -0.3 is 25.6 Å². The number of thioether (sulfide) groups is 1. The lowest BCUT2D eigenvalue weighted by molar-refractivity contribution is -0.114. The molecular formula is C15H19ClN4O4S. The molecule has 0 aliphatic heterocycles. The maximum Gasteiger partial charge on any atom is 0.235 e. The zero-order chi connectivity index (χ0) is 17.5. The molecule has 0 radical (unpaired) electrons. The number of aromatic nitrogens is 1. The molecule has 2 aromatic rings. The summed E-state index contributed by atoms with van der Waals surface area (Å²) >= 11 is 1.18. The first-order valence-electron chi connectivity index (χ1n) is 7.02. The third-order valence-electron chi connectivity index (χ3n) is 2.90. The lowest BCUT2D eigenvalue weighted by Gasteiger charge is -2.09. The Balaban J connectivity index is 0.00000312. The van der Waals surface area contributed by atoms with E-state index in [1.165, 1.54) is 18.9 Å². The number of nitrogen functional groups attached to an aromatic ring is 1. The van der Waals surface area contributed by atoms with Crippen LogP contribution in [0.25, 0.3) is 0 Å². The van der Waals surface area contributed by atoms with Crippen LogP contribution in [-0.2, 0) is 9.59 Å². The number of hydrogen-bond acceptors (Lipinski definition) is 7. The first kappa shape index (κ1) is 20.7. The molecule has 0 saturated heterocycles. The molecule has 136 valence electrons. The summed E-state index contributed by atoms with van der Waals surface area (Å²) in [5.74, 6) is 1.26. The fourth-order valence-electron chi connectivity index (χ4n) is 1.80. The summed E-state index contributed by atoms with van der Waals surface area (Å²) in [6.45, 7) is 1.73. The number of nitrogens with zero attached hydrogens (tertiary/aromatic N) is 1. The lowest BCUT2D eigenvalue weighted by Crippen LogP contribution is -2.19. The summed E-state index contributed by atoms with van der Waals surface area (Å²) < 4.78 is 9.93. The van der Waals surface area contributed by atoms with Gasteiger partial charge >= 0.3 is 0 Å². The van der Waals surface area contributed by atoms with Gasteiger partial charge in [0, 0.05) is 12.1 Å². The van der Waals surface area contributed by atoms with E-state index in [4.69, 9.17) is 15.0 Å². The number of amides is 2. The van der Waals surface area contributed by atoms with Gasteiger partial charge in [0.25, 0.3) is 0 Å². The van der Waals surface area contributed by atoms with Crippen molar-refractivity contribution in [2.45, 2.75) is 6.92 Å². The van der Waals surface area contributed by atoms with Gasteiger partial charge in [-0.3, -0.25) is 9.59 Å². The third-order valence-corrected chi connectivity index (χ3v) is 3.83. The number of aryl methyl sites for hydroxylation is 1. The molecule has 0 aliphatic carbocycles. The summed E-state index contributed by atoms with van der Waals surface area (Å²) in [7, 11) is 1.53. The van der Waals surface area contributed by atoms with E-state index in [2.05, 4.69) is 15.8 Å². The van der Waals surface area contributed by atoms with E-state index in [-0.39, 0.29) is 35.7 Å². The molecule has 1 aromatic carbocycles. The van der Waals surface area contributed by atoms with E-state index in [0.29, 0.717) is 28.7 Å². The first-order chi connectivity index (χ1) is 11.5. The predicted molar refractivity (Wildman–Crippen MR) is 100 cm³/mol. The van der Waals surface area contributed by atoms with Crippen molar-refractivity contribution < 1.29 is 18.8 Å². The fraction of sp³-hybridized carbons (Fsp3) is 0.267. The van der Waals surface area contributed by atoms with Gasteiger partial charge in [0.15, 0.2) is 5.82 Å². The van der Waals surface area contributed by atoms with E-state index < -0.39 is 0 Å². The minimum atomic E-state index is -0.262. The Morgan fingerprint density at radius 1 is 1.24 bits per heavy atom. The summed E-state index contributed by atoms with van der Waals surface area (Å²) in [6, 6.07) is 6.60. The van der Waals surface area contributed by atoms with Gasteiger partial charge in [0.1, 0.15) is 11.5 Å². The van der Waals surface area contributed by atoms with Crippen molar-refractivity contribution in [3.05, 3.63) is 30.0 Å². The Kier molecular flexibility index (Phi) is 8.09. The van der Waals surface area contributed by atoms with E-state index >= 15 is 0 Å². The summed E-state index contributed by atoms with van der Waals surface area (Å²) in [4.78, 5) is 23.6.